The van der Waals surface area contributed by atoms with E-state index >= 15 is 0 Å². The lowest BCUT2D eigenvalue weighted by atomic mass is 10.1. The molecule has 2 rings (SSSR count). The van der Waals surface area contributed by atoms with Crippen LogP contribution in [0.2, 0.25) is 0 Å². The van der Waals surface area contributed by atoms with Crippen molar-refractivity contribution < 1.29 is 9.05 Å². The molecule has 88 valence electrons. The topological polar surface area (TPSA) is 3.88 Å². The van der Waals surface area contributed by atoms with Gasteiger partial charge in [-0.2, -0.15) is 0 Å². The quantitative estimate of drug-likeness (QED) is 0.543. The monoisotopic (exact) mass is 220 g/mol. The molecule has 1 aromatic heterocycles. The fourth-order valence-electron chi connectivity index (χ4n) is 2.95. The van der Waals surface area contributed by atoms with Gasteiger partial charge in [0.2, 0.25) is 0 Å². The molecule has 2 nitrogen and oxygen atoms in total. The van der Waals surface area contributed by atoms with Gasteiger partial charge in [-0.15, -0.1) is 0 Å². The maximum absolute atomic E-state index is 2.40. The molecular weight excluding hydrogens is 196 g/mol. The second-order valence-corrected chi connectivity index (χ2v) is 5.15. The highest BCUT2D eigenvalue weighted by Crippen LogP contribution is 2.36. The van der Waals surface area contributed by atoms with Gasteiger partial charge in [0, 0.05) is 18.9 Å². The van der Waals surface area contributed by atoms with Crippen LogP contribution in [0.3, 0.4) is 0 Å². The molecule has 1 aliphatic rings. The van der Waals surface area contributed by atoms with Gasteiger partial charge in [0.25, 0.3) is 0 Å². The standard InChI is InChI=1S/C14H24N2/c1-4-15-10-6-8-13(12-15)14-9-7-11-16(14,3)5-2/h6,8,10,12,14H,4-5,7,9,11H2,1-3H3/q+2. The summed E-state index contributed by atoms with van der Waals surface area (Å²) in [4.78, 5) is 0. The molecule has 2 heteroatoms. The third-order valence-corrected chi connectivity index (χ3v) is 4.25. The molecule has 1 aromatic rings. The summed E-state index contributed by atoms with van der Waals surface area (Å²) in [5.74, 6) is 0. The molecular formula is C14H24N2+2. The maximum atomic E-state index is 2.40. The molecule has 1 aliphatic heterocycles. The zero-order chi connectivity index (χ0) is 11.6. The van der Waals surface area contributed by atoms with E-state index in [1.54, 1.807) is 0 Å². The van der Waals surface area contributed by atoms with Gasteiger partial charge < -0.3 is 4.48 Å². The summed E-state index contributed by atoms with van der Waals surface area (Å²) in [5.41, 5.74) is 1.52. The first kappa shape index (κ1) is 11.6. The Balaban J connectivity index is 2.29. The van der Waals surface area contributed by atoms with Gasteiger partial charge in [-0.1, -0.05) is 0 Å². The number of rotatable bonds is 3. The Kier molecular flexibility index (Phi) is 3.29. The maximum Gasteiger partial charge on any atom is 0.177 e. The minimum absolute atomic E-state index is 0.712. The lowest BCUT2D eigenvalue weighted by Crippen LogP contribution is -2.43. The molecule has 0 aliphatic carbocycles. The Morgan fingerprint density at radius 2 is 2.25 bits per heavy atom. The predicted octanol–water partition coefficient (Wildman–Crippen LogP) is 2.30. The van der Waals surface area contributed by atoms with E-state index in [0.29, 0.717) is 6.04 Å². The van der Waals surface area contributed by atoms with E-state index in [2.05, 4.69) is 50.0 Å². The van der Waals surface area contributed by atoms with Crippen molar-refractivity contribution in [2.75, 3.05) is 20.1 Å². The second kappa shape index (κ2) is 4.54. The van der Waals surface area contributed by atoms with Crippen LogP contribution in [-0.2, 0) is 6.54 Å². The van der Waals surface area contributed by atoms with Crippen molar-refractivity contribution in [3.63, 3.8) is 0 Å². The van der Waals surface area contributed by atoms with E-state index < -0.39 is 0 Å². The van der Waals surface area contributed by atoms with Crippen molar-refractivity contribution >= 4 is 0 Å². The van der Waals surface area contributed by atoms with E-state index in [4.69, 9.17) is 0 Å². The molecule has 0 N–H and O–H groups in total. The molecule has 0 spiro atoms. The van der Waals surface area contributed by atoms with Crippen LogP contribution in [0.5, 0.6) is 0 Å². The number of hydrogen-bond donors (Lipinski definition) is 0. The van der Waals surface area contributed by atoms with E-state index in [1.807, 2.05) is 0 Å². The fourth-order valence-corrected chi connectivity index (χ4v) is 2.95. The summed E-state index contributed by atoms with van der Waals surface area (Å²) >= 11 is 0. The summed E-state index contributed by atoms with van der Waals surface area (Å²) in [5, 5.41) is 0. The number of aromatic nitrogens is 1. The van der Waals surface area contributed by atoms with E-state index in [-0.39, 0.29) is 0 Å². The summed E-state index contributed by atoms with van der Waals surface area (Å²) in [6, 6.07) is 5.20. The number of quaternary nitrogens is 1. The number of aryl methyl sites for hydroxylation is 1. The fraction of sp³-hybridized carbons (Fsp3) is 0.643. The molecule has 16 heavy (non-hydrogen) atoms. The van der Waals surface area contributed by atoms with E-state index in [1.165, 1.54) is 36.0 Å². The Morgan fingerprint density at radius 3 is 2.94 bits per heavy atom. The van der Waals surface area contributed by atoms with Gasteiger partial charge in [-0.25, -0.2) is 4.57 Å². The summed E-state index contributed by atoms with van der Waals surface area (Å²) in [6.45, 7) is 8.16. The van der Waals surface area contributed by atoms with Crippen molar-refractivity contribution in [3.8, 4) is 0 Å². The molecule has 2 unspecified atom stereocenters. The highest BCUT2D eigenvalue weighted by molar-refractivity contribution is 5.10. The van der Waals surface area contributed by atoms with Crippen molar-refractivity contribution in [3.05, 3.63) is 30.1 Å². The zero-order valence-corrected chi connectivity index (χ0v) is 10.8. The third kappa shape index (κ3) is 1.99. The lowest BCUT2D eigenvalue weighted by molar-refractivity contribution is -0.925. The molecule has 0 bridgehead atoms. The lowest BCUT2D eigenvalue weighted by Gasteiger charge is -2.34. The van der Waals surface area contributed by atoms with Crippen LogP contribution in [0.4, 0.5) is 0 Å². The Hall–Kier alpha value is -0.890. The SMILES string of the molecule is CC[n+]1cccc(C2CCC[N+]2(C)CC)c1. The number of nitrogens with zero attached hydrogens (tertiary/aromatic N) is 2. The van der Waals surface area contributed by atoms with Crippen LogP contribution >= 0.6 is 0 Å². The number of likely N-dealkylation sites (tertiary alicyclic amines) is 1. The Morgan fingerprint density at radius 1 is 1.44 bits per heavy atom. The smallest absolute Gasteiger partial charge is 0.177 e. The minimum atomic E-state index is 0.712. The largest absolute Gasteiger partial charge is 0.320 e. The summed E-state index contributed by atoms with van der Waals surface area (Å²) in [6.07, 6.45) is 7.21. The average Bonchev–Trinajstić information content (AvgIpc) is 2.72. The third-order valence-electron chi connectivity index (χ3n) is 4.25. The van der Waals surface area contributed by atoms with E-state index in [0.717, 1.165) is 6.54 Å². The first-order valence-corrected chi connectivity index (χ1v) is 6.53. The molecule has 0 saturated carbocycles. The van der Waals surface area contributed by atoms with Crippen molar-refractivity contribution in [2.24, 2.45) is 0 Å². The van der Waals surface area contributed by atoms with Gasteiger partial charge in [-0.05, 0) is 19.9 Å². The molecule has 0 aromatic carbocycles. The Bertz CT molecular complexity index is 362. The van der Waals surface area contributed by atoms with Crippen LogP contribution in [0, 0.1) is 0 Å². The molecule has 2 atom stereocenters. The van der Waals surface area contributed by atoms with Crippen molar-refractivity contribution in [2.45, 2.75) is 39.3 Å². The van der Waals surface area contributed by atoms with Crippen LogP contribution < -0.4 is 4.57 Å². The summed E-state index contributed by atoms with van der Waals surface area (Å²) < 4.78 is 3.50. The van der Waals surface area contributed by atoms with Crippen LogP contribution in [0.1, 0.15) is 38.3 Å². The molecule has 1 saturated heterocycles. The molecule has 2 heterocycles. The van der Waals surface area contributed by atoms with Crippen LogP contribution in [0.15, 0.2) is 24.5 Å². The molecule has 1 fully saturated rings. The highest BCUT2D eigenvalue weighted by Gasteiger charge is 2.38. The highest BCUT2D eigenvalue weighted by atomic mass is 15.4. The summed E-state index contributed by atoms with van der Waals surface area (Å²) in [7, 11) is 2.40. The Labute approximate surface area is 99.1 Å². The van der Waals surface area contributed by atoms with Gasteiger partial charge in [0.15, 0.2) is 12.4 Å². The minimum Gasteiger partial charge on any atom is -0.320 e. The van der Waals surface area contributed by atoms with Gasteiger partial charge in [-0.3, -0.25) is 0 Å². The molecule has 0 amide bonds. The first-order valence-electron chi connectivity index (χ1n) is 6.53. The average molecular weight is 220 g/mol. The first-order chi connectivity index (χ1) is 7.69. The van der Waals surface area contributed by atoms with Crippen molar-refractivity contribution in [1.82, 2.24) is 0 Å². The molecule has 0 radical (unpaired) electrons. The number of pyridine rings is 1. The van der Waals surface area contributed by atoms with Crippen molar-refractivity contribution in [1.29, 1.82) is 0 Å². The zero-order valence-electron chi connectivity index (χ0n) is 10.8. The van der Waals surface area contributed by atoms with E-state index in [9.17, 15) is 0 Å². The predicted molar refractivity (Wildman–Crippen MR) is 65.9 cm³/mol. The van der Waals surface area contributed by atoms with Crippen LogP contribution in [-0.4, -0.2) is 24.6 Å². The van der Waals surface area contributed by atoms with Crippen LogP contribution in [0.25, 0.3) is 0 Å². The van der Waals surface area contributed by atoms with Gasteiger partial charge >= 0.3 is 0 Å². The normalized spacial score (nSPS) is 29.6. The van der Waals surface area contributed by atoms with Gasteiger partial charge in [0.05, 0.1) is 25.7 Å². The second-order valence-electron chi connectivity index (χ2n) is 5.15. The number of hydrogen-bond acceptors (Lipinski definition) is 0. The van der Waals surface area contributed by atoms with Gasteiger partial charge in [0.1, 0.15) is 12.6 Å².